The highest BCUT2D eigenvalue weighted by Crippen LogP contribution is 2.52. The van der Waals surface area contributed by atoms with E-state index in [0.717, 1.165) is 111 Å². The first-order valence-electron chi connectivity index (χ1n) is 30.2. The van der Waals surface area contributed by atoms with Crippen molar-refractivity contribution in [2.24, 2.45) is 5.92 Å². The monoisotopic (exact) mass is 1170 g/mol. The van der Waals surface area contributed by atoms with Crippen LogP contribution in [0.3, 0.4) is 0 Å². The molecule has 1 saturated carbocycles. The lowest BCUT2D eigenvalue weighted by Crippen LogP contribution is -2.51. The average Bonchev–Trinajstić information content (AvgIpc) is 1.14. The zero-order valence-corrected chi connectivity index (χ0v) is 51.9. The van der Waals surface area contributed by atoms with Crippen LogP contribution < -0.4 is 44.5 Å². The maximum absolute atomic E-state index is 15.2. The summed E-state index contributed by atoms with van der Waals surface area (Å²) in [4.78, 5) is 62.9. The molecule has 3 aliphatic carbocycles. The second kappa shape index (κ2) is 26.2. The van der Waals surface area contributed by atoms with Gasteiger partial charge in [-0.3, -0.25) is 19.4 Å². The van der Waals surface area contributed by atoms with Crippen LogP contribution in [-0.4, -0.2) is 151 Å². The van der Waals surface area contributed by atoms with E-state index in [2.05, 4.69) is 44.1 Å². The van der Waals surface area contributed by atoms with Crippen LogP contribution in [0.2, 0.25) is 0 Å². The highest BCUT2D eigenvalue weighted by Gasteiger charge is 2.38. The molecular weight excluding hydrogens is 1090 g/mol. The minimum Gasteiger partial charge on any atom is -0.494 e. The molecule has 0 bridgehead atoms. The Kier molecular flexibility index (Phi) is 19.3. The number of methoxy groups -OCH3 is 2. The number of nitrogens with one attached hydrogen (secondary N) is 4. The number of ether oxygens (including phenoxy) is 4. The van der Waals surface area contributed by atoms with Crippen molar-refractivity contribution in [1.82, 2.24) is 19.6 Å². The van der Waals surface area contributed by atoms with Crippen LogP contribution in [0, 0.1) is 12.0 Å². The summed E-state index contributed by atoms with van der Waals surface area (Å²) in [6.07, 6.45) is 9.26. The Morgan fingerprint density at radius 1 is 0.679 bits per heavy atom. The van der Waals surface area contributed by atoms with Crippen molar-refractivity contribution in [3.8, 4) is 23.0 Å². The number of carbonyl (C=O) groups excluding carboxylic acids is 4. The van der Waals surface area contributed by atoms with E-state index in [4.69, 9.17) is 18.9 Å². The van der Waals surface area contributed by atoms with E-state index in [9.17, 15) is 19.2 Å². The van der Waals surface area contributed by atoms with Crippen LogP contribution in [0.1, 0.15) is 127 Å². The molecule has 0 aromatic heterocycles. The highest BCUT2D eigenvalue weighted by atomic mass is 32.2. The topological polar surface area (TPSA) is 204 Å². The number of nitrogens with zero attached hydrogens (tertiary/aromatic N) is 5. The minimum atomic E-state index is -4.33. The molecule has 2 saturated heterocycles. The molecule has 0 atom stereocenters. The Hall–Kier alpha value is -6.77. The third-order valence-corrected chi connectivity index (χ3v) is 18.5. The van der Waals surface area contributed by atoms with Crippen molar-refractivity contribution < 1.29 is 46.5 Å². The second-order valence-electron chi connectivity index (χ2n) is 25.0. The molecule has 1 radical (unpaired) electrons. The second-order valence-corrected chi connectivity index (χ2v) is 27.1. The molecular formula is C64H88N9O10S. The van der Waals surface area contributed by atoms with Crippen molar-refractivity contribution in [3.63, 3.8) is 0 Å². The predicted molar refractivity (Wildman–Crippen MR) is 331 cm³/mol. The number of anilines is 6. The maximum Gasteiger partial charge on any atom is 0.323 e. The van der Waals surface area contributed by atoms with Gasteiger partial charge in [-0.2, -0.15) is 0 Å². The number of unbranched alkanes of at least 4 members (excludes halogenated alkanes) is 1. The molecule has 0 spiro atoms. The Labute approximate surface area is 497 Å². The zero-order valence-electron chi connectivity index (χ0n) is 51.1. The van der Waals surface area contributed by atoms with Gasteiger partial charge >= 0.3 is 12.1 Å². The normalized spacial score (nSPS) is 16.7. The molecule has 4 aromatic carbocycles. The van der Waals surface area contributed by atoms with Gasteiger partial charge in [0.2, 0.25) is 21.8 Å². The number of hydrogen-bond donors (Lipinski definition) is 4. The molecule has 455 valence electrons. The van der Waals surface area contributed by atoms with Crippen molar-refractivity contribution in [2.75, 3.05) is 124 Å². The maximum atomic E-state index is 15.2. The number of carbonyl (C=O) groups is 4. The Bertz CT molecular complexity index is 3210. The van der Waals surface area contributed by atoms with Crippen LogP contribution in [0.4, 0.5) is 43.7 Å². The lowest BCUT2D eigenvalue weighted by molar-refractivity contribution is -0.137. The molecule has 6 amide bonds. The van der Waals surface area contributed by atoms with Gasteiger partial charge in [-0.1, -0.05) is 54.9 Å². The number of piperazine rings is 2. The summed E-state index contributed by atoms with van der Waals surface area (Å²) in [6, 6.07) is 14.7. The number of hydrogen-bond acceptors (Lipinski definition) is 12. The van der Waals surface area contributed by atoms with Gasteiger partial charge in [0.15, 0.2) is 11.5 Å². The quantitative estimate of drug-likeness (QED) is 0.0548. The van der Waals surface area contributed by atoms with Gasteiger partial charge in [0.25, 0.3) is 0 Å². The molecule has 19 nitrogen and oxygen atoms in total. The van der Waals surface area contributed by atoms with Crippen molar-refractivity contribution in [2.45, 2.75) is 130 Å². The molecule has 4 aromatic rings. The fourth-order valence-electron chi connectivity index (χ4n) is 11.9. The molecule has 3 fully saturated rings. The average molecular weight is 1180 g/mol. The molecule has 9 rings (SSSR count). The first kappa shape index (κ1) is 61.8. The fraction of sp³-hybridized carbons (Fsp3) is 0.562. The summed E-state index contributed by atoms with van der Waals surface area (Å²) < 4.78 is 56.4. The van der Waals surface area contributed by atoms with Gasteiger partial charge in [0.1, 0.15) is 36.1 Å². The van der Waals surface area contributed by atoms with Crippen molar-refractivity contribution in [3.05, 3.63) is 81.9 Å². The Morgan fingerprint density at radius 2 is 1.23 bits per heavy atom. The van der Waals surface area contributed by atoms with Crippen LogP contribution >= 0.6 is 0 Å². The van der Waals surface area contributed by atoms with Gasteiger partial charge < -0.3 is 50.0 Å². The summed E-state index contributed by atoms with van der Waals surface area (Å²) in [5.74, 6) is 2.31. The standard InChI is InChI=1S/C64H88N9O10S/c1-11-13-28-71-31-29-69(40-56(71)74)33-35-82-54-27-24-50(45-17-15-19-47(45)54)66-62(77)68-58-55(80-9)25-22-48(64(6,7)8)59(58)73(84(78,79)12-2)52-38-43(63(3,4)5)37-51(60(52)81-10)67-61(76)65-49-23-26-53(46-18-14-16-44(46)49)83-36-34-70-30-32-72(57(75)41-70)39-42-20-21-42/h22-24,26-27,37-38,42H,11-21,28-36,39-41H2,1-10H3,(H2,65,67,76)(H2,66,68,77). The first-order valence-corrected chi connectivity index (χ1v) is 31.8. The summed E-state index contributed by atoms with van der Waals surface area (Å²) in [5, 5.41) is 12.2. The summed E-state index contributed by atoms with van der Waals surface area (Å²) in [6.45, 7) is 23.2. The summed E-state index contributed by atoms with van der Waals surface area (Å²) in [7, 11) is -1.47. The van der Waals surface area contributed by atoms with E-state index in [1.165, 1.54) is 31.4 Å². The number of rotatable bonds is 23. The van der Waals surface area contributed by atoms with Gasteiger partial charge in [0, 0.05) is 69.8 Å². The third kappa shape index (κ3) is 14.3. The van der Waals surface area contributed by atoms with Gasteiger partial charge in [-0.05, 0) is 157 Å². The van der Waals surface area contributed by atoms with Crippen molar-refractivity contribution >= 4 is 68.0 Å². The van der Waals surface area contributed by atoms with E-state index in [1.807, 2.05) is 75.6 Å². The number of fused-ring (bicyclic) bond motifs is 2. The zero-order chi connectivity index (χ0) is 60.1. The molecule has 4 N–H and O–H groups in total. The summed E-state index contributed by atoms with van der Waals surface area (Å²) in [5.41, 5.74) is 5.61. The highest BCUT2D eigenvalue weighted by molar-refractivity contribution is 7.93. The molecule has 2 heterocycles. The first-order chi connectivity index (χ1) is 40.1. The van der Waals surface area contributed by atoms with E-state index in [1.54, 1.807) is 25.1 Å². The van der Waals surface area contributed by atoms with Crippen molar-refractivity contribution in [1.29, 1.82) is 0 Å². The Morgan fingerprint density at radius 3 is 1.73 bits per heavy atom. The van der Waals surface area contributed by atoms with Crippen LogP contribution in [0.25, 0.3) is 0 Å². The SMILES string of the molecule is CCCCN1CCN(CCOc2ccc(NC(=O)Nc3c(OC)[c]cc(C(C)(C)C)c3N(c3cc(C(C)(C)C)cc(NC(=O)Nc4ccc(OCCN5CCN(CC6CC6)C(=O)C5)c5c4CCC5)c3OC)S(=O)(=O)CC)c3c2CCC3)CC1=O. The molecule has 20 heteroatoms. The number of sulfonamides is 1. The number of amides is 6. The largest absolute Gasteiger partial charge is 0.494 e. The molecule has 84 heavy (non-hydrogen) atoms. The van der Waals surface area contributed by atoms with E-state index in [-0.39, 0.29) is 51.8 Å². The van der Waals surface area contributed by atoms with Gasteiger partial charge in [-0.25, -0.2) is 22.3 Å². The van der Waals surface area contributed by atoms with Gasteiger partial charge in [0.05, 0.1) is 44.4 Å². The lowest BCUT2D eigenvalue weighted by Gasteiger charge is -2.35. The molecule has 0 unspecified atom stereocenters. The van der Waals surface area contributed by atoms with Crippen LogP contribution in [0.15, 0.2) is 42.5 Å². The third-order valence-electron chi connectivity index (χ3n) is 16.8. The van der Waals surface area contributed by atoms with Gasteiger partial charge in [-0.15, -0.1) is 0 Å². The van der Waals surface area contributed by atoms with Crippen LogP contribution in [0.5, 0.6) is 23.0 Å². The smallest absolute Gasteiger partial charge is 0.323 e. The minimum absolute atomic E-state index is 0.0505. The van der Waals surface area contributed by atoms with E-state index >= 15 is 8.42 Å². The van der Waals surface area contributed by atoms with E-state index < -0.39 is 32.9 Å². The summed E-state index contributed by atoms with van der Waals surface area (Å²) >= 11 is 0. The Balaban J connectivity index is 0.969. The van der Waals surface area contributed by atoms with E-state index in [0.29, 0.717) is 80.8 Å². The fourth-order valence-corrected chi connectivity index (χ4v) is 13.0. The molecule has 2 aliphatic heterocycles. The number of urea groups is 2. The number of benzene rings is 4. The lowest BCUT2D eigenvalue weighted by atomic mass is 9.84. The van der Waals surface area contributed by atoms with Crippen LogP contribution in [-0.2, 0) is 56.1 Å². The molecule has 5 aliphatic rings. The predicted octanol–water partition coefficient (Wildman–Crippen LogP) is 10.1.